The van der Waals surface area contributed by atoms with Gasteiger partial charge in [0.1, 0.15) is 0 Å². The summed E-state index contributed by atoms with van der Waals surface area (Å²) in [5, 5.41) is 0.0733. The smallest absolute Gasteiger partial charge is 0.288 e. The van der Waals surface area contributed by atoms with Crippen LogP contribution in [0.2, 0.25) is 5.15 Å². The van der Waals surface area contributed by atoms with Gasteiger partial charge in [-0.05, 0) is 65.0 Å². The number of benzene rings is 1. The predicted molar refractivity (Wildman–Crippen MR) is 125 cm³/mol. The highest BCUT2D eigenvalue weighted by Crippen LogP contribution is 2.41. The summed E-state index contributed by atoms with van der Waals surface area (Å²) < 4.78 is 1.88. The third-order valence-corrected chi connectivity index (χ3v) is 7.71. The summed E-state index contributed by atoms with van der Waals surface area (Å²) in [5.41, 5.74) is 1.74. The lowest BCUT2D eigenvalue weighted by atomic mass is 9.91. The van der Waals surface area contributed by atoms with Gasteiger partial charge in [0.05, 0.1) is 11.0 Å². The molecule has 2 heterocycles. The van der Waals surface area contributed by atoms with Crippen molar-refractivity contribution in [2.24, 2.45) is 0 Å². The molecule has 4 nitrogen and oxygen atoms in total. The van der Waals surface area contributed by atoms with Crippen molar-refractivity contribution in [2.45, 2.75) is 109 Å². The molecule has 1 saturated carbocycles. The summed E-state index contributed by atoms with van der Waals surface area (Å²) in [6, 6.07) is 9.11. The number of aromatic nitrogens is 2. The monoisotopic (exact) mass is 429 g/mol. The van der Waals surface area contributed by atoms with Gasteiger partial charge in [0.2, 0.25) is 0 Å². The first-order valence-electron chi connectivity index (χ1n) is 11.8. The van der Waals surface area contributed by atoms with Crippen LogP contribution in [0.5, 0.6) is 0 Å². The van der Waals surface area contributed by atoms with E-state index in [1.54, 1.807) is 0 Å². The first-order chi connectivity index (χ1) is 14.4. The van der Waals surface area contributed by atoms with E-state index in [-0.39, 0.29) is 22.3 Å². The molecule has 2 aliphatic rings. The maximum atomic E-state index is 12.9. The Balaban J connectivity index is 1.62. The van der Waals surface area contributed by atoms with E-state index in [0.717, 1.165) is 17.5 Å². The summed E-state index contributed by atoms with van der Waals surface area (Å²) in [7, 11) is 0. The normalized spacial score (nSPS) is 24.6. The zero-order chi connectivity index (χ0) is 21.3. The molecule has 164 valence electrons. The van der Waals surface area contributed by atoms with Gasteiger partial charge in [-0.2, -0.15) is 0 Å². The number of fused-ring (bicyclic) bond motifs is 1. The Morgan fingerprint density at radius 1 is 1.10 bits per heavy atom. The van der Waals surface area contributed by atoms with Gasteiger partial charge in [-0.15, -0.1) is 0 Å². The molecule has 30 heavy (non-hydrogen) atoms. The molecule has 0 unspecified atom stereocenters. The zero-order valence-corrected chi connectivity index (χ0v) is 19.5. The SMILES string of the molecule is C[C@H](C[C@@H]1CCC(C)(C)N1C1CCCCCCC1)n1c(=O)c(Cl)nc2ccccc21. The first kappa shape index (κ1) is 21.8. The summed E-state index contributed by atoms with van der Waals surface area (Å²) in [4.78, 5) is 20.1. The molecule has 1 aromatic heterocycles. The number of hydrogen-bond acceptors (Lipinski definition) is 3. The molecule has 0 spiro atoms. The Kier molecular flexibility index (Phi) is 6.55. The molecule has 1 aromatic carbocycles. The topological polar surface area (TPSA) is 38.1 Å². The number of para-hydroxylation sites is 2. The van der Waals surface area contributed by atoms with Crippen LogP contribution in [-0.4, -0.2) is 32.1 Å². The second-order valence-electron chi connectivity index (χ2n) is 10.1. The molecular formula is C25H36ClN3O. The molecule has 1 aliphatic carbocycles. The number of nitrogens with zero attached hydrogens (tertiary/aromatic N) is 3. The Morgan fingerprint density at radius 2 is 1.77 bits per heavy atom. The molecule has 2 fully saturated rings. The van der Waals surface area contributed by atoms with Gasteiger partial charge in [0.25, 0.3) is 5.56 Å². The van der Waals surface area contributed by atoms with Crippen LogP contribution in [0, 0.1) is 0 Å². The van der Waals surface area contributed by atoms with Gasteiger partial charge in [-0.25, -0.2) is 4.98 Å². The minimum atomic E-state index is -0.169. The highest BCUT2D eigenvalue weighted by molar-refractivity contribution is 6.29. The summed E-state index contributed by atoms with van der Waals surface area (Å²) >= 11 is 6.23. The van der Waals surface area contributed by atoms with Gasteiger partial charge in [0.15, 0.2) is 5.15 Å². The van der Waals surface area contributed by atoms with Gasteiger partial charge in [-0.1, -0.05) is 55.8 Å². The van der Waals surface area contributed by atoms with Crippen molar-refractivity contribution in [2.75, 3.05) is 0 Å². The molecule has 1 saturated heterocycles. The van der Waals surface area contributed by atoms with Gasteiger partial charge < -0.3 is 4.57 Å². The maximum absolute atomic E-state index is 12.9. The van der Waals surface area contributed by atoms with Crippen LogP contribution in [-0.2, 0) is 0 Å². The molecule has 5 heteroatoms. The summed E-state index contributed by atoms with van der Waals surface area (Å²) in [6.07, 6.45) is 12.9. The largest absolute Gasteiger partial charge is 0.301 e. The van der Waals surface area contributed by atoms with E-state index >= 15 is 0 Å². The van der Waals surface area contributed by atoms with Crippen molar-refractivity contribution < 1.29 is 0 Å². The van der Waals surface area contributed by atoms with E-state index in [1.165, 1.54) is 57.8 Å². The van der Waals surface area contributed by atoms with Crippen molar-refractivity contribution in [1.82, 2.24) is 14.5 Å². The third-order valence-electron chi connectivity index (χ3n) is 7.46. The van der Waals surface area contributed by atoms with Crippen LogP contribution in [0.4, 0.5) is 0 Å². The highest BCUT2D eigenvalue weighted by Gasteiger charge is 2.43. The minimum Gasteiger partial charge on any atom is -0.301 e. The average Bonchev–Trinajstić information content (AvgIpc) is 2.97. The molecule has 0 radical (unpaired) electrons. The predicted octanol–water partition coefficient (Wildman–Crippen LogP) is 6.36. The standard InChI is InChI=1S/C25H36ClN3O/c1-18(28-22-14-10-9-13-21(22)27-23(26)24(28)30)17-20-15-16-25(2,3)29(20)19-11-7-5-4-6-8-12-19/h9-10,13-14,18-20H,4-8,11-12,15-17H2,1-3H3/t18-,20+/m1/s1. The molecular weight excluding hydrogens is 394 g/mol. The van der Waals surface area contributed by atoms with Gasteiger partial charge in [-0.3, -0.25) is 9.69 Å². The average molecular weight is 430 g/mol. The number of hydrogen-bond donors (Lipinski definition) is 0. The van der Waals surface area contributed by atoms with Crippen molar-refractivity contribution in [3.63, 3.8) is 0 Å². The van der Waals surface area contributed by atoms with Crippen molar-refractivity contribution in [3.05, 3.63) is 39.8 Å². The fourth-order valence-electron chi connectivity index (χ4n) is 6.08. The fraction of sp³-hybridized carbons (Fsp3) is 0.680. The van der Waals surface area contributed by atoms with Crippen molar-refractivity contribution >= 4 is 22.6 Å². The quantitative estimate of drug-likeness (QED) is 0.567. The minimum absolute atomic E-state index is 0.0733. The lowest BCUT2D eigenvalue weighted by molar-refractivity contribution is 0.0501. The van der Waals surface area contributed by atoms with Crippen molar-refractivity contribution in [3.8, 4) is 0 Å². The molecule has 0 bridgehead atoms. The van der Waals surface area contributed by atoms with E-state index in [9.17, 15) is 4.79 Å². The Hall–Kier alpha value is -1.39. The molecule has 1 aliphatic heterocycles. The van der Waals surface area contributed by atoms with E-state index < -0.39 is 0 Å². The van der Waals surface area contributed by atoms with E-state index in [4.69, 9.17) is 11.6 Å². The Morgan fingerprint density at radius 3 is 2.50 bits per heavy atom. The second-order valence-corrected chi connectivity index (χ2v) is 10.4. The Bertz CT molecular complexity index is 930. The Labute approximate surface area is 185 Å². The van der Waals surface area contributed by atoms with Crippen molar-refractivity contribution in [1.29, 1.82) is 0 Å². The van der Waals surface area contributed by atoms with Crippen LogP contribution in [0.25, 0.3) is 11.0 Å². The second kappa shape index (κ2) is 9.00. The van der Waals surface area contributed by atoms with E-state index in [2.05, 4.69) is 30.7 Å². The van der Waals surface area contributed by atoms with E-state index in [0.29, 0.717) is 12.1 Å². The van der Waals surface area contributed by atoms with Gasteiger partial charge in [0, 0.05) is 23.7 Å². The number of rotatable bonds is 4. The lowest BCUT2D eigenvalue weighted by Crippen LogP contribution is -2.50. The van der Waals surface area contributed by atoms with Crippen LogP contribution in [0.15, 0.2) is 29.1 Å². The fourth-order valence-corrected chi connectivity index (χ4v) is 6.26. The molecule has 0 amide bonds. The van der Waals surface area contributed by atoms with Crippen LogP contribution in [0.1, 0.15) is 91.0 Å². The number of halogens is 1. The molecule has 4 rings (SSSR count). The first-order valence-corrected chi connectivity index (χ1v) is 12.2. The number of likely N-dealkylation sites (tertiary alicyclic amines) is 1. The molecule has 2 atom stereocenters. The van der Waals surface area contributed by atoms with Crippen LogP contribution < -0.4 is 5.56 Å². The van der Waals surface area contributed by atoms with E-state index in [1.807, 2.05) is 28.8 Å². The maximum Gasteiger partial charge on any atom is 0.288 e. The van der Waals surface area contributed by atoms with Crippen LogP contribution >= 0.6 is 11.6 Å². The van der Waals surface area contributed by atoms with Gasteiger partial charge >= 0.3 is 0 Å². The summed E-state index contributed by atoms with van der Waals surface area (Å²) in [5.74, 6) is 0. The highest BCUT2D eigenvalue weighted by atomic mass is 35.5. The molecule has 0 N–H and O–H groups in total. The summed E-state index contributed by atoms with van der Waals surface area (Å²) in [6.45, 7) is 7.01. The third kappa shape index (κ3) is 4.31. The zero-order valence-electron chi connectivity index (χ0n) is 18.7. The van der Waals surface area contributed by atoms with Crippen LogP contribution in [0.3, 0.4) is 0 Å². The molecule has 2 aromatic rings. The lowest BCUT2D eigenvalue weighted by Gasteiger charge is -2.43.